The molecule has 1 rings (SSSR count). The second kappa shape index (κ2) is 7.54. The Morgan fingerprint density at radius 3 is 1.35 bits per heavy atom. The van der Waals surface area contributed by atoms with Gasteiger partial charge in [0, 0.05) is 13.1 Å². The molecule has 0 radical (unpaired) electrons. The molecule has 4 unspecified atom stereocenters. The van der Waals surface area contributed by atoms with E-state index in [0.717, 1.165) is 25.9 Å². The Hall–Kier alpha value is 0.130. The van der Waals surface area contributed by atoms with Gasteiger partial charge in [0.1, 0.15) is 0 Å². The minimum absolute atomic E-state index is 0. The molecule has 0 amide bonds. The molecule has 0 bridgehead atoms. The standard InChI is InChI=1S/C12H26N2O2.ClH/c1-13(2)7-9-5-12(16)10(6-11(9)15)8-14(3)4;/h9-12,15-16H,5-8H2,1-4H3;1H. The molecule has 0 aliphatic heterocycles. The fraction of sp³-hybridized carbons (Fsp3) is 1.00. The molecule has 5 heteroatoms. The number of halogens is 1. The molecular formula is C12H27ClN2O2. The number of aliphatic hydroxyl groups excluding tert-OH is 2. The Balaban J connectivity index is 0.00000256. The Morgan fingerprint density at radius 2 is 1.12 bits per heavy atom. The predicted molar refractivity (Wildman–Crippen MR) is 72.6 cm³/mol. The first-order valence-electron chi connectivity index (χ1n) is 6.05. The average molecular weight is 267 g/mol. The van der Waals surface area contributed by atoms with E-state index in [-0.39, 0.29) is 36.5 Å². The highest BCUT2D eigenvalue weighted by molar-refractivity contribution is 5.85. The van der Waals surface area contributed by atoms with Crippen molar-refractivity contribution in [3.8, 4) is 0 Å². The van der Waals surface area contributed by atoms with Gasteiger partial charge in [-0.3, -0.25) is 0 Å². The SMILES string of the molecule is CN(C)CC1CC(O)C(CN(C)C)CC1O.Cl. The largest absolute Gasteiger partial charge is 0.393 e. The second-order valence-corrected chi connectivity index (χ2v) is 5.65. The van der Waals surface area contributed by atoms with Crippen LogP contribution in [0.2, 0.25) is 0 Å². The van der Waals surface area contributed by atoms with E-state index in [9.17, 15) is 10.2 Å². The number of nitrogens with zero attached hydrogens (tertiary/aromatic N) is 2. The van der Waals surface area contributed by atoms with Gasteiger partial charge in [0.2, 0.25) is 0 Å². The van der Waals surface area contributed by atoms with Crippen LogP contribution in [0.4, 0.5) is 0 Å². The van der Waals surface area contributed by atoms with Crippen molar-refractivity contribution in [2.24, 2.45) is 11.8 Å². The van der Waals surface area contributed by atoms with Gasteiger partial charge in [-0.15, -0.1) is 12.4 Å². The topological polar surface area (TPSA) is 46.9 Å². The van der Waals surface area contributed by atoms with Gasteiger partial charge in [-0.05, 0) is 52.9 Å². The van der Waals surface area contributed by atoms with Crippen LogP contribution in [0.3, 0.4) is 0 Å². The lowest BCUT2D eigenvalue weighted by molar-refractivity contribution is -0.0444. The zero-order chi connectivity index (χ0) is 12.3. The summed E-state index contributed by atoms with van der Waals surface area (Å²) in [5.41, 5.74) is 0. The van der Waals surface area contributed by atoms with Gasteiger partial charge in [0.05, 0.1) is 12.2 Å². The van der Waals surface area contributed by atoms with Gasteiger partial charge in [0.15, 0.2) is 0 Å². The van der Waals surface area contributed by atoms with Crippen LogP contribution in [-0.4, -0.2) is 73.5 Å². The molecule has 0 heterocycles. The molecule has 1 aliphatic rings. The van der Waals surface area contributed by atoms with E-state index >= 15 is 0 Å². The fourth-order valence-corrected chi connectivity index (χ4v) is 2.65. The van der Waals surface area contributed by atoms with Gasteiger partial charge in [-0.2, -0.15) is 0 Å². The van der Waals surface area contributed by atoms with E-state index in [2.05, 4.69) is 9.80 Å². The van der Waals surface area contributed by atoms with E-state index in [1.165, 1.54) is 0 Å². The van der Waals surface area contributed by atoms with Gasteiger partial charge >= 0.3 is 0 Å². The van der Waals surface area contributed by atoms with Crippen LogP contribution in [0.25, 0.3) is 0 Å². The molecule has 104 valence electrons. The smallest absolute Gasteiger partial charge is 0.0585 e. The van der Waals surface area contributed by atoms with Crippen molar-refractivity contribution in [3.63, 3.8) is 0 Å². The Kier molecular flexibility index (Phi) is 7.60. The highest BCUT2D eigenvalue weighted by Gasteiger charge is 2.35. The van der Waals surface area contributed by atoms with Crippen molar-refractivity contribution >= 4 is 12.4 Å². The van der Waals surface area contributed by atoms with Crippen LogP contribution in [0.1, 0.15) is 12.8 Å². The highest BCUT2D eigenvalue weighted by atomic mass is 35.5. The third-order valence-corrected chi connectivity index (χ3v) is 3.38. The molecule has 0 spiro atoms. The van der Waals surface area contributed by atoms with E-state index in [1.54, 1.807) is 0 Å². The van der Waals surface area contributed by atoms with E-state index in [1.807, 2.05) is 28.2 Å². The Bertz CT molecular complexity index is 193. The van der Waals surface area contributed by atoms with Crippen molar-refractivity contribution < 1.29 is 10.2 Å². The third-order valence-electron chi connectivity index (χ3n) is 3.38. The van der Waals surface area contributed by atoms with Crippen molar-refractivity contribution in [1.82, 2.24) is 9.80 Å². The monoisotopic (exact) mass is 266 g/mol. The van der Waals surface area contributed by atoms with Crippen molar-refractivity contribution in [2.45, 2.75) is 25.0 Å². The van der Waals surface area contributed by atoms with Crippen LogP contribution in [0, 0.1) is 11.8 Å². The second-order valence-electron chi connectivity index (χ2n) is 5.65. The first kappa shape index (κ1) is 17.1. The first-order valence-corrected chi connectivity index (χ1v) is 6.05. The molecular weight excluding hydrogens is 240 g/mol. The summed E-state index contributed by atoms with van der Waals surface area (Å²) in [5.74, 6) is 0.423. The third kappa shape index (κ3) is 5.53. The first-order chi connectivity index (χ1) is 7.40. The number of aliphatic hydroxyl groups is 2. The Morgan fingerprint density at radius 1 is 0.824 bits per heavy atom. The maximum Gasteiger partial charge on any atom is 0.0585 e. The van der Waals surface area contributed by atoms with Crippen LogP contribution in [-0.2, 0) is 0 Å². The van der Waals surface area contributed by atoms with Crippen molar-refractivity contribution in [3.05, 3.63) is 0 Å². The molecule has 17 heavy (non-hydrogen) atoms. The quantitative estimate of drug-likeness (QED) is 0.768. The van der Waals surface area contributed by atoms with E-state index in [4.69, 9.17) is 0 Å². The van der Waals surface area contributed by atoms with Gasteiger partial charge in [0.25, 0.3) is 0 Å². The summed E-state index contributed by atoms with van der Waals surface area (Å²) in [6.45, 7) is 1.71. The molecule has 0 aromatic rings. The summed E-state index contributed by atoms with van der Waals surface area (Å²) in [7, 11) is 8.02. The molecule has 1 aliphatic carbocycles. The lowest BCUT2D eigenvalue weighted by atomic mass is 9.77. The molecule has 0 aromatic heterocycles. The minimum Gasteiger partial charge on any atom is -0.393 e. The minimum atomic E-state index is -0.268. The Labute approximate surface area is 111 Å². The van der Waals surface area contributed by atoms with E-state index < -0.39 is 0 Å². The average Bonchev–Trinajstić information content (AvgIpc) is 2.11. The molecule has 0 aromatic carbocycles. The molecule has 0 saturated heterocycles. The van der Waals surface area contributed by atoms with Crippen LogP contribution in [0.5, 0.6) is 0 Å². The summed E-state index contributed by atoms with van der Waals surface area (Å²) >= 11 is 0. The van der Waals surface area contributed by atoms with Gasteiger partial charge < -0.3 is 20.0 Å². The molecule has 4 nitrogen and oxygen atoms in total. The molecule has 1 fully saturated rings. The van der Waals surface area contributed by atoms with Gasteiger partial charge in [-0.1, -0.05) is 0 Å². The maximum absolute atomic E-state index is 10.1. The normalized spacial score (nSPS) is 33.9. The summed E-state index contributed by atoms with van der Waals surface area (Å²) in [6, 6.07) is 0. The number of hydrogen-bond acceptors (Lipinski definition) is 4. The summed E-state index contributed by atoms with van der Waals surface area (Å²) < 4.78 is 0. The lowest BCUT2D eigenvalue weighted by Crippen LogP contribution is -2.45. The molecule has 4 atom stereocenters. The van der Waals surface area contributed by atoms with Crippen LogP contribution >= 0.6 is 12.4 Å². The lowest BCUT2D eigenvalue weighted by Gasteiger charge is -2.39. The van der Waals surface area contributed by atoms with Crippen LogP contribution < -0.4 is 0 Å². The highest BCUT2D eigenvalue weighted by Crippen LogP contribution is 2.30. The van der Waals surface area contributed by atoms with Gasteiger partial charge in [-0.25, -0.2) is 0 Å². The predicted octanol–water partition coefficient (Wildman–Crippen LogP) is 0.279. The summed E-state index contributed by atoms with van der Waals surface area (Å²) in [5, 5.41) is 20.1. The fourth-order valence-electron chi connectivity index (χ4n) is 2.65. The van der Waals surface area contributed by atoms with Crippen molar-refractivity contribution in [1.29, 1.82) is 0 Å². The number of rotatable bonds is 4. The number of hydrogen-bond donors (Lipinski definition) is 2. The van der Waals surface area contributed by atoms with Crippen LogP contribution in [0.15, 0.2) is 0 Å². The molecule has 1 saturated carbocycles. The summed E-state index contributed by atoms with van der Waals surface area (Å²) in [6.07, 6.45) is 0.905. The maximum atomic E-state index is 10.1. The van der Waals surface area contributed by atoms with Crippen molar-refractivity contribution in [2.75, 3.05) is 41.3 Å². The summed E-state index contributed by atoms with van der Waals surface area (Å²) in [4.78, 5) is 4.15. The van der Waals surface area contributed by atoms with E-state index in [0.29, 0.717) is 0 Å². The zero-order valence-electron chi connectivity index (χ0n) is 11.3. The zero-order valence-corrected chi connectivity index (χ0v) is 12.2. The molecule has 2 N–H and O–H groups in total.